The molecule has 1 heterocycles. The quantitative estimate of drug-likeness (QED) is 0.764. The summed E-state index contributed by atoms with van der Waals surface area (Å²) in [6.07, 6.45) is 0.889. The SMILES string of the molecule is CCC(C#N)N(Cc1cccs1)C(C)C. The van der Waals surface area contributed by atoms with Crippen molar-refractivity contribution in [3.8, 4) is 6.07 Å². The average Bonchev–Trinajstić information content (AvgIpc) is 2.70. The first-order valence-corrected chi connectivity index (χ1v) is 6.24. The number of nitriles is 1. The van der Waals surface area contributed by atoms with Crippen LogP contribution in [0.3, 0.4) is 0 Å². The molecule has 0 aliphatic heterocycles. The fourth-order valence-corrected chi connectivity index (χ4v) is 2.35. The third kappa shape index (κ3) is 3.33. The Morgan fingerprint density at radius 3 is 2.67 bits per heavy atom. The first-order chi connectivity index (χ1) is 7.19. The van der Waals surface area contributed by atoms with Gasteiger partial charge >= 0.3 is 0 Å². The van der Waals surface area contributed by atoms with Crippen LogP contribution in [0, 0.1) is 11.3 Å². The van der Waals surface area contributed by atoms with Gasteiger partial charge in [0.25, 0.3) is 0 Å². The minimum Gasteiger partial charge on any atom is -0.280 e. The van der Waals surface area contributed by atoms with Crippen LogP contribution in [0.4, 0.5) is 0 Å². The number of rotatable bonds is 5. The van der Waals surface area contributed by atoms with Gasteiger partial charge in [-0.25, -0.2) is 0 Å². The van der Waals surface area contributed by atoms with E-state index in [9.17, 15) is 0 Å². The van der Waals surface area contributed by atoms with Crippen LogP contribution in [-0.4, -0.2) is 17.0 Å². The highest BCUT2D eigenvalue weighted by molar-refractivity contribution is 7.09. The van der Waals surface area contributed by atoms with Gasteiger partial charge in [-0.3, -0.25) is 4.90 Å². The molecule has 1 aromatic heterocycles. The van der Waals surface area contributed by atoms with Gasteiger partial charge in [0.05, 0.1) is 12.1 Å². The van der Waals surface area contributed by atoms with E-state index in [1.165, 1.54) is 4.88 Å². The molecule has 3 heteroatoms. The summed E-state index contributed by atoms with van der Waals surface area (Å²) in [5.74, 6) is 0. The molecule has 0 saturated heterocycles. The van der Waals surface area contributed by atoms with E-state index in [4.69, 9.17) is 5.26 Å². The normalized spacial score (nSPS) is 13.1. The fraction of sp³-hybridized carbons (Fsp3) is 0.583. The highest BCUT2D eigenvalue weighted by Gasteiger charge is 2.19. The van der Waals surface area contributed by atoms with Crippen LogP contribution >= 0.6 is 11.3 Å². The van der Waals surface area contributed by atoms with Crippen molar-refractivity contribution in [2.24, 2.45) is 0 Å². The molecule has 0 saturated carbocycles. The van der Waals surface area contributed by atoms with Crippen LogP contribution in [-0.2, 0) is 6.54 Å². The molecule has 2 nitrogen and oxygen atoms in total. The third-order valence-electron chi connectivity index (χ3n) is 2.52. The zero-order valence-electron chi connectivity index (χ0n) is 9.60. The van der Waals surface area contributed by atoms with Gasteiger partial charge in [-0.2, -0.15) is 5.26 Å². The van der Waals surface area contributed by atoms with Crippen molar-refractivity contribution in [2.45, 2.75) is 45.8 Å². The highest BCUT2D eigenvalue weighted by Crippen LogP contribution is 2.17. The topological polar surface area (TPSA) is 27.0 Å². The van der Waals surface area contributed by atoms with Crippen LogP contribution in [0.15, 0.2) is 17.5 Å². The summed E-state index contributed by atoms with van der Waals surface area (Å²) in [6.45, 7) is 7.25. The lowest BCUT2D eigenvalue weighted by Gasteiger charge is -2.29. The molecule has 1 atom stereocenters. The second kappa shape index (κ2) is 5.89. The van der Waals surface area contributed by atoms with E-state index in [-0.39, 0.29) is 6.04 Å². The predicted molar refractivity (Wildman–Crippen MR) is 64.7 cm³/mol. The Morgan fingerprint density at radius 1 is 1.53 bits per heavy atom. The zero-order chi connectivity index (χ0) is 11.3. The van der Waals surface area contributed by atoms with E-state index in [1.807, 2.05) is 0 Å². The van der Waals surface area contributed by atoms with Gasteiger partial charge in [-0.05, 0) is 31.7 Å². The second-order valence-corrected chi connectivity index (χ2v) is 4.93. The minimum atomic E-state index is 0.0344. The summed E-state index contributed by atoms with van der Waals surface area (Å²) in [5.41, 5.74) is 0. The van der Waals surface area contributed by atoms with E-state index in [1.54, 1.807) is 11.3 Å². The molecule has 15 heavy (non-hydrogen) atoms. The molecule has 0 fully saturated rings. The monoisotopic (exact) mass is 222 g/mol. The summed E-state index contributed by atoms with van der Waals surface area (Å²) in [7, 11) is 0. The molecule has 0 amide bonds. The van der Waals surface area contributed by atoms with Crippen molar-refractivity contribution >= 4 is 11.3 Å². The van der Waals surface area contributed by atoms with Crippen molar-refractivity contribution in [1.82, 2.24) is 4.90 Å². The van der Waals surface area contributed by atoms with E-state index in [2.05, 4.69) is 49.3 Å². The molecular weight excluding hydrogens is 204 g/mol. The maximum Gasteiger partial charge on any atom is 0.0980 e. The standard InChI is InChI=1S/C12H18N2S/c1-4-11(8-13)14(10(2)3)9-12-6-5-7-15-12/h5-7,10-11H,4,9H2,1-3H3. The molecule has 0 N–H and O–H groups in total. The van der Waals surface area contributed by atoms with Crippen LogP contribution in [0.25, 0.3) is 0 Å². The minimum absolute atomic E-state index is 0.0344. The Hall–Kier alpha value is -0.850. The zero-order valence-corrected chi connectivity index (χ0v) is 10.4. The number of nitrogens with zero attached hydrogens (tertiary/aromatic N) is 2. The Balaban J connectivity index is 2.71. The van der Waals surface area contributed by atoms with Crippen molar-refractivity contribution in [3.05, 3.63) is 22.4 Å². The Labute approximate surface area is 96.1 Å². The van der Waals surface area contributed by atoms with Crippen molar-refractivity contribution < 1.29 is 0 Å². The lowest BCUT2D eigenvalue weighted by Crippen LogP contribution is -2.38. The highest BCUT2D eigenvalue weighted by atomic mass is 32.1. The molecule has 82 valence electrons. The summed E-state index contributed by atoms with van der Waals surface area (Å²) in [5, 5.41) is 11.2. The van der Waals surface area contributed by atoms with E-state index >= 15 is 0 Å². The molecule has 0 aliphatic rings. The summed E-state index contributed by atoms with van der Waals surface area (Å²) < 4.78 is 0. The van der Waals surface area contributed by atoms with Crippen LogP contribution in [0.2, 0.25) is 0 Å². The van der Waals surface area contributed by atoms with Crippen molar-refractivity contribution in [1.29, 1.82) is 5.26 Å². The largest absolute Gasteiger partial charge is 0.280 e. The van der Waals surface area contributed by atoms with Crippen molar-refractivity contribution in [2.75, 3.05) is 0 Å². The second-order valence-electron chi connectivity index (χ2n) is 3.90. The molecule has 1 aromatic rings. The maximum absolute atomic E-state index is 9.09. The summed E-state index contributed by atoms with van der Waals surface area (Å²) in [4.78, 5) is 3.59. The molecule has 0 spiro atoms. The summed E-state index contributed by atoms with van der Waals surface area (Å²) in [6, 6.07) is 7.01. The lowest BCUT2D eigenvalue weighted by atomic mass is 10.1. The molecular formula is C12H18N2S. The predicted octanol–water partition coefficient (Wildman–Crippen LogP) is 3.26. The first kappa shape index (κ1) is 12.2. The first-order valence-electron chi connectivity index (χ1n) is 5.36. The van der Waals surface area contributed by atoms with Crippen LogP contribution in [0.5, 0.6) is 0 Å². The van der Waals surface area contributed by atoms with Gasteiger partial charge in [-0.1, -0.05) is 13.0 Å². The average molecular weight is 222 g/mol. The smallest absolute Gasteiger partial charge is 0.0980 e. The number of hydrogen-bond acceptors (Lipinski definition) is 3. The van der Waals surface area contributed by atoms with E-state index in [0.29, 0.717) is 6.04 Å². The van der Waals surface area contributed by atoms with Gasteiger partial charge < -0.3 is 0 Å². The Morgan fingerprint density at radius 2 is 2.27 bits per heavy atom. The molecule has 0 aliphatic carbocycles. The number of hydrogen-bond donors (Lipinski definition) is 0. The van der Waals surface area contributed by atoms with E-state index < -0.39 is 0 Å². The van der Waals surface area contributed by atoms with Gasteiger partial charge in [0, 0.05) is 17.5 Å². The maximum atomic E-state index is 9.09. The third-order valence-corrected chi connectivity index (χ3v) is 3.38. The van der Waals surface area contributed by atoms with Gasteiger partial charge in [-0.15, -0.1) is 11.3 Å². The molecule has 1 rings (SSSR count). The molecule has 0 aromatic carbocycles. The number of thiophene rings is 1. The fourth-order valence-electron chi connectivity index (χ4n) is 1.64. The van der Waals surface area contributed by atoms with Crippen LogP contribution in [0.1, 0.15) is 32.1 Å². The van der Waals surface area contributed by atoms with Gasteiger partial charge in [0.15, 0.2) is 0 Å². The molecule has 1 unspecified atom stereocenters. The van der Waals surface area contributed by atoms with Gasteiger partial charge in [0.1, 0.15) is 0 Å². The van der Waals surface area contributed by atoms with Crippen LogP contribution < -0.4 is 0 Å². The van der Waals surface area contributed by atoms with Crippen molar-refractivity contribution in [3.63, 3.8) is 0 Å². The Bertz CT molecular complexity index is 311. The molecule has 0 radical (unpaired) electrons. The lowest BCUT2D eigenvalue weighted by molar-refractivity contribution is 0.174. The Kier molecular flexibility index (Phi) is 4.80. The van der Waals surface area contributed by atoms with Gasteiger partial charge in [0.2, 0.25) is 0 Å². The van der Waals surface area contributed by atoms with E-state index in [0.717, 1.165) is 13.0 Å². The summed E-state index contributed by atoms with van der Waals surface area (Å²) >= 11 is 1.76. The molecule has 0 bridgehead atoms.